The molecule has 2 N–H and O–H groups in total. The molecule has 3 aromatic rings. The fraction of sp³-hybridized carbons (Fsp3) is 0.348. The Morgan fingerprint density at radius 1 is 1.20 bits per heavy atom. The highest BCUT2D eigenvalue weighted by Crippen LogP contribution is 2.31. The monoisotopic (exact) mass is 423 g/mol. The largest absolute Gasteiger partial charge is 0.396 e. The minimum absolute atomic E-state index is 0.0167. The van der Waals surface area contributed by atoms with Crippen LogP contribution in [0.4, 0.5) is 5.69 Å². The van der Waals surface area contributed by atoms with Gasteiger partial charge in [-0.15, -0.1) is 11.3 Å². The van der Waals surface area contributed by atoms with Gasteiger partial charge in [0.1, 0.15) is 5.01 Å². The summed E-state index contributed by atoms with van der Waals surface area (Å²) in [6.45, 7) is 2.64. The lowest BCUT2D eigenvalue weighted by atomic mass is 9.99. The summed E-state index contributed by atoms with van der Waals surface area (Å²) in [4.78, 5) is 31.4. The highest BCUT2D eigenvalue weighted by Gasteiger charge is 2.30. The number of hydrogen-bond acceptors (Lipinski definition) is 5. The Hall–Kier alpha value is -2.77. The van der Waals surface area contributed by atoms with Crippen LogP contribution < -0.4 is 5.32 Å². The number of aliphatic hydroxyl groups excluding tert-OH is 1. The van der Waals surface area contributed by atoms with Crippen LogP contribution in [0.5, 0.6) is 0 Å². The van der Waals surface area contributed by atoms with Gasteiger partial charge < -0.3 is 15.3 Å². The van der Waals surface area contributed by atoms with E-state index in [0.717, 1.165) is 40.1 Å². The van der Waals surface area contributed by atoms with E-state index in [2.05, 4.69) is 29.4 Å². The maximum Gasteiger partial charge on any atom is 0.313 e. The molecule has 2 amide bonds. The minimum atomic E-state index is -0.636. The van der Waals surface area contributed by atoms with E-state index in [1.807, 2.05) is 18.2 Å². The molecule has 1 aromatic heterocycles. The number of likely N-dealkylation sites (tertiary alicyclic amines) is 1. The van der Waals surface area contributed by atoms with Gasteiger partial charge in [0.25, 0.3) is 0 Å². The average molecular weight is 424 g/mol. The third-order valence-corrected chi connectivity index (χ3v) is 6.55. The maximum absolute atomic E-state index is 12.6. The average Bonchev–Trinajstić information content (AvgIpc) is 3.17. The molecule has 1 fully saturated rings. The molecule has 1 atom stereocenters. The van der Waals surface area contributed by atoms with E-state index in [1.165, 1.54) is 5.56 Å². The smallest absolute Gasteiger partial charge is 0.313 e. The molecule has 2 heterocycles. The summed E-state index contributed by atoms with van der Waals surface area (Å²) in [5.74, 6) is -1.16. The van der Waals surface area contributed by atoms with Crippen molar-refractivity contribution in [2.24, 2.45) is 0 Å². The molecule has 1 aliphatic rings. The zero-order valence-electron chi connectivity index (χ0n) is 16.9. The molecule has 0 aliphatic carbocycles. The van der Waals surface area contributed by atoms with Gasteiger partial charge in [0, 0.05) is 30.4 Å². The van der Waals surface area contributed by atoms with Crippen LogP contribution in [0, 0.1) is 6.92 Å². The third kappa shape index (κ3) is 4.37. The zero-order valence-corrected chi connectivity index (χ0v) is 17.7. The van der Waals surface area contributed by atoms with Gasteiger partial charge in [0.2, 0.25) is 0 Å². The van der Waals surface area contributed by atoms with Crippen LogP contribution in [0.1, 0.15) is 31.2 Å². The van der Waals surface area contributed by atoms with Crippen molar-refractivity contribution in [3.63, 3.8) is 0 Å². The number of piperidine rings is 1. The molecule has 156 valence electrons. The number of nitrogens with one attached hydrogen (secondary N) is 1. The standard InChI is InChI=1S/C23H25N3O3S/c1-15-5-10-19-20(14-15)30-22(25-19)16-6-8-17(9-7-16)24-21(28)23(29)26-12-3-2-4-18(26)11-13-27/h5-10,14,18,27H,2-4,11-13H2,1H3,(H,24,28). The van der Waals surface area contributed by atoms with E-state index in [-0.39, 0.29) is 12.6 Å². The molecular formula is C23H25N3O3S. The first-order valence-electron chi connectivity index (χ1n) is 10.3. The van der Waals surface area contributed by atoms with Crippen LogP contribution in [-0.2, 0) is 9.59 Å². The molecule has 0 spiro atoms. The zero-order chi connectivity index (χ0) is 21.1. The molecule has 4 rings (SSSR count). The van der Waals surface area contributed by atoms with E-state index >= 15 is 0 Å². The van der Waals surface area contributed by atoms with Crippen molar-refractivity contribution in [3.8, 4) is 10.6 Å². The molecule has 0 radical (unpaired) electrons. The summed E-state index contributed by atoms with van der Waals surface area (Å²) < 4.78 is 1.15. The first kappa shape index (κ1) is 20.5. The normalized spacial score (nSPS) is 16.6. The fourth-order valence-electron chi connectivity index (χ4n) is 3.88. The second kappa shape index (κ2) is 8.93. The lowest BCUT2D eigenvalue weighted by Crippen LogP contribution is -2.48. The lowest BCUT2D eigenvalue weighted by Gasteiger charge is -2.35. The summed E-state index contributed by atoms with van der Waals surface area (Å²) in [6.07, 6.45) is 3.24. The molecule has 1 aliphatic heterocycles. The Kier molecular flexibility index (Phi) is 6.11. The Morgan fingerprint density at radius 2 is 2.00 bits per heavy atom. The second-order valence-electron chi connectivity index (χ2n) is 7.68. The number of hydrogen-bond donors (Lipinski definition) is 2. The van der Waals surface area contributed by atoms with Crippen molar-refractivity contribution in [1.29, 1.82) is 0 Å². The first-order valence-corrected chi connectivity index (χ1v) is 11.1. The molecule has 0 bridgehead atoms. The number of aliphatic hydroxyl groups is 1. The maximum atomic E-state index is 12.6. The minimum Gasteiger partial charge on any atom is -0.396 e. The third-order valence-electron chi connectivity index (χ3n) is 5.48. The SMILES string of the molecule is Cc1ccc2nc(-c3ccc(NC(=O)C(=O)N4CCCCC4CCO)cc3)sc2c1. The molecule has 6 nitrogen and oxygen atoms in total. The van der Waals surface area contributed by atoms with E-state index in [4.69, 9.17) is 0 Å². The number of fused-ring (bicyclic) bond motifs is 1. The number of benzene rings is 2. The molecule has 1 unspecified atom stereocenters. The van der Waals surface area contributed by atoms with Crippen molar-refractivity contribution < 1.29 is 14.7 Å². The number of aromatic nitrogens is 1. The summed E-state index contributed by atoms with van der Waals surface area (Å²) in [5.41, 5.74) is 3.72. The van der Waals surface area contributed by atoms with Crippen LogP contribution >= 0.6 is 11.3 Å². The van der Waals surface area contributed by atoms with Gasteiger partial charge >= 0.3 is 11.8 Å². The van der Waals surface area contributed by atoms with Crippen molar-refractivity contribution in [2.45, 2.75) is 38.6 Å². The predicted octanol–water partition coefficient (Wildman–Crippen LogP) is 3.97. The van der Waals surface area contributed by atoms with E-state index in [0.29, 0.717) is 18.7 Å². The Balaban J connectivity index is 1.44. The molecule has 2 aromatic carbocycles. The van der Waals surface area contributed by atoms with Gasteiger partial charge in [-0.05, 0) is 74.6 Å². The molecule has 7 heteroatoms. The predicted molar refractivity (Wildman–Crippen MR) is 119 cm³/mol. The Labute approximate surface area is 179 Å². The number of amides is 2. The molecule has 30 heavy (non-hydrogen) atoms. The number of anilines is 1. The van der Waals surface area contributed by atoms with Gasteiger partial charge in [-0.2, -0.15) is 0 Å². The number of thiazole rings is 1. The van der Waals surface area contributed by atoms with E-state index < -0.39 is 11.8 Å². The number of carbonyl (C=O) groups excluding carboxylic acids is 2. The molecule has 1 saturated heterocycles. The van der Waals surface area contributed by atoms with Gasteiger partial charge in [0.05, 0.1) is 10.2 Å². The lowest BCUT2D eigenvalue weighted by molar-refractivity contribution is -0.146. The quantitative estimate of drug-likeness (QED) is 0.622. The Morgan fingerprint density at radius 3 is 2.77 bits per heavy atom. The van der Waals surface area contributed by atoms with E-state index in [9.17, 15) is 14.7 Å². The van der Waals surface area contributed by atoms with Gasteiger partial charge in [0.15, 0.2) is 0 Å². The Bertz CT molecular complexity index is 1060. The van der Waals surface area contributed by atoms with Crippen LogP contribution in [0.3, 0.4) is 0 Å². The van der Waals surface area contributed by atoms with Gasteiger partial charge in [-0.3, -0.25) is 9.59 Å². The van der Waals surface area contributed by atoms with Crippen LogP contribution in [-0.4, -0.2) is 46.0 Å². The van der Waals surface area contributed by atoms with Crippen LogP contribution in [0.15, 0.2) is 42.5 Å². The van der Waals surface area contributed by atoms with Crippen molar-refractivity contribution in [2.75, 3.05) is 18.5 Å². The number of carbonyl (C=O) groups is 2. The molecular weight excluding hydrogens is 398 g/mol. The van der Waals surface area contributed by atoms with Crippen molar-refractivity contribution >= 4 is 39.1 Å². The van der Waals surface area contributed by atoms with Crippen LogP contribution in [0.2, 0.25) is 0 Å². The van der Waals surface area contributed by atoms with Crippen molar-refractivity contribution in [3.05, 3.63) is 48.0 Å². The van der Waals surface area contributed by atoms with Gasteiger partial charge in [-0.1, -0.05) is 6.07 Å². The van der Waals surface area contributed by atoms with E-state index in [1.54, 1.807) is 28.4 Å². The van der Waals surface area contributed by atoms with Crippen LogP contribution in [0.25, 0.3) is 20.8 Å². The number of nitrogens with zero attached hydrogens (tertiary/aromatic N) is 2. The summed E-state index contributed by atoms with van der Waals surface area (Å²) in [7, 11) is 0. The topological polar surface area (TPSA) is 82.5 Å². The highest BCUT2D eigenvalue weighted by molar-refractivity contribution is 7.21. The summed E-state index contributed by atoms with van der Waals surface area (Å²) in [5, 5.41) is 12.9. The molecule has 0 saturated carbocycles. The summed E-state index contributed by atoms with van der Waals surface area (Å²) in [6, 6.07) is 13.5. The number of rotatable bonds is 4. The number of aryl methyl sites for hydroxylation is 1. The van der Waals surface area contributed by atoms with Gasteiger partial charge in [-0.25, -0.2) is 4.98 Å². The highest BCUT2D eigenvalue weighted by atomic mass is 32.1. The second-order valence-corrected chi connectivity index (χ2v) is 8.71. The fourth-order valence-corrected chi connectivity index (χ4v) is 4.95. The van der Waals surface area contributed by atoms with Crippen molar-refractivity contribution in [1.82, 2.24) is 9.88 Å². The first-order chi connectivity index (χ1) is 14.5. The summed E-state index contributed by atoms with van der Waals surface area (Å²) >= 11 is 1.63.